The third-order valence-electron chi connectivity index (χ3n) is 5.44. The molecule has 1 N–H and O–H groups in total. The van der Waals surface area contributed by atoms with Gasteiger partial charge in [0.2, 0.25) is 0 Å². The highest BCUT2D eigenvalue weighted by atomic mass is 35.5. The second-order valence-electron chi connectivity index (χ2n) is 7.68. The van der Waals surface area contributed by atoms with Crippen LogP contribution in [0.4, 0.5) is 5.82 Å². The summed E-state index contributed by atoms with van der Waals surface area (Å²) in [6.07, 6.45) is 1.47. The number of nitrogens with zero attached hydrogens (tertiary/aromatic N) is 2. The highest BCUT2D eigenvalue weighted by Gasteiger charge is 2.32. The van der Waals surface area contributed by atoms with Crippen molar-refractivity contribution in [3.05, 3.63) is 69.3 Å². The minimum Gasteiger partial charge on any atom is -0.456 e. The maximum absolute atomic E-state index is 12.9. The number of hydrogen-bond acceptors (Lipinski definition) is 6. The highest BCUT2D eigenvalue weighted by Crippen LogP contribution is 2.30. The lowest BCUT2D eigenvalue weighted by Gasteiger charge is -2.27. The van der Waals surface area contributed by atoms with Crippen LogP contribution in [0.5, 0.6) is 0 Å². The van der Waals surface area contributed by atoms with E-state index in [2.05, 4.69) is 10.3 Å². The summed E-state index contributed by atoms with van der Waals surface area (Å²) in [5.41, 5.74) is 1.47. The van der Waals surface area contributed by atoms with Crippen LogP contribution in [0.1, 0.15) is 39.1 Å². The van der Waals surface area contributed by atoms with E-state index in [1.165, 1.54) is 6.20 Å². The number of carbonyl (C=O) groups excluding carboxylic acids is 4. The first kappa shape index (κ1) is 23.7. The molecule has 0 atom stereocenters. The van der Waals surface area contributed by atoms with E-state index in [1.807, 2.05) is 12.1 Å². The van der Waals surface area contributed by atoms with Crippen molar-refractivity contribution in [2.45, 2.75) is 19.8 Å². The van der Waals surface area contributed by atoms with Crippen molar-refractivity contribution < 1.29 is 23.9 Å². The van der Waals surface area contributed by atoms with Gasteiger partial charge in [-0.15, -0.1) is 0 Å². The van der Waals surface area contributed by atoms with Crippen molar-refractivity contribution in [2.75, 3.05) is 18.5 Å². The van der Waals surface area contributed by atoms with Gasteiger partial charge in [0.05, 0.1) is 10.0 Å². The molecule has 2 aromatic carbocycles. The van der Waals surface area contributed by atoms with Gasteiger partial charge >= 0.3 is 5.97 Å². The van der Waals surface area contributed by atoms with E-state index in [0.29, 0.717) is 27.1 Å². The number of amides is 3. The molecule has 8 nitrogen and oxygen atoms in total. The molecule has 2 heterocycles. The summed E-state index contributed by atoms with van der Waals surface area (Å²) in [5.74, 6) is -1.94. The molecule has 0 bridgehead atoms. The summed E-state index contributed by atoms with van der Waals surface area (Å²) in [6.45, 7) is 1.20. The second kappa shape index (κ2) is 9.79. The minimum absolute atomic E-state index is 0.0489. The van der Waals surface area contributed by atoms with Crippen molar-refractivity contribution >= 4 is 63.5 Å². The van der Waals surface area contributed by atoms with Gasteiger partial charge in [-0.25, -0.2) is 4.98 Å². The molecule has 1 aromatic heterocycles. The number of imide groups is 1. The lowest BCUT2D eigenvalue weighted by Crippen LogP contribution is -2.41. The first-order valence-corrected chi connectivity index (χ1v) is 11.2. The Hall–Kier alpha value is -3.49. The monoisotopic (exact) mass is 499 g/mol. The Morgan fingerprint density at radius 2 is 1.71 bits per heavy atom. The predicted octanol–water partition coefficient (Wildman–Crippen LogP) is 4.41. The van der Waals surface area contributed by atoms with Crippen LogP contribution in [-0.2, 0) is 14.3 Å². The van der Waals surface area contributed by atoms with Crippen LogP contribution in [0, 0.1) is 6.92 Å². The average Bonchev–Trinajstić information content (AvgIpc) is 2.83. The van der Waals surface area contributed by atoms with Gasteiger partial charge < -0.3 is 10.1 Å². The third kappa shape index (κ3) is 4.60. The number of rotatable bonds is 7. The van der Waals surface area contributed by atoms with E-state index < -0.39 is 30.3 Å². The Morgan fingerprint density at radius 3 is 2.35 bits per heavy atom. The zero-order chi connectivity index (χ0) is 24.4. The van der Waals surface area contributed by atoms with Crippen LogP contribution < -0.4 is 5.32 Å². The highest BCUT2D eigenvalue weighted by molar-refractivity contribution is 6.37. The number of pyridine rings is 1. The molecular formula is C24H19Cl2N3O5. The van der Waals surface area contributed by atoms with Gasteiger partial charge in [-0.3, -0.25) is 24.1 Å². The number of halogens is 2. The van der Waals surface area contributed by atoms with Crippen LogP contribution in [0.15, 0.2) is 42.6 Å². The topological polar surface area (TPSA) is 106 Å². The molecule has 0 unspecified atom stereocenters. The molecule has 4 rings (SSSR count). The average molecular weight is 500 g/mol. The summed E-state index contributed by atoms with van der Waals surface area (Å²) in [6, 6.07) is 10.6. The van der Waals surface area contributed by atoms with Crippen LogP contribution in [0.25, 0.3) is 10.8 Å². The fourth-order valence-corrected chi connectivity index (χ4v) is 4.09. The number of anilines is 1. The summed E-state index contributed by atoms with van der Waals surface area (Å²) < 4.78 is 4.98. The number of ether oxygens (including phenoxy) is 1. The van der Waals surface area contributed by atoms with Crippen LogP contribution >= 0.6 is 23.2 Å². The summed E-state index contributed by atoms with van der Waals surface area (Å²) >= 11 is 12.0. The Morgan fingerprint density at radius 1 is 1.06 bits per heavy atom. The second-order valence-corrected chi connectivity index (χ2v) is 8.46. The molecule has 34 heavy (non-hydrogen) atoms. The Bertz CT molecular complexity index is 1290. The van der Waals surface area contributed by atoms with Gasteiger partial charge in [-0.2, -0.15) is 0 Å². The zero-order valence-electron chi connectivity index (χ0n) is 18.1. The maximum atomic E-state index is 12.9. The summed E-state index contributed by atoms with van der Waals surface area (Å²) in [7, 11) is 0. The lowest BCUT2D eigenvalue weighted by molar-refractivity contribution is -0.147. The molecule has 3 aromatic rings. The number of aromatic nitrogens is 1. The quantitative estimate of drug-likeness (QED) is 0.381. The van der Waals surface area contributed by atoms with Gasteiger partial charge in [0.1, 0.15) is 0 Å². The minimum atomic E-state index is -0.638. The molecule has 0 radical (unpaired) electrons. The predicted molar refractivity (Wildman–Crippen MR) is 127 cm³/mol. The van der Waals surface area contributed by atoms with Gasteiger partial charge in [0.15, 0.2) is 12.4 Å². The van der Waals surface area contributed by atoms with E-state index in [1.54, 1.807) is 31.2 Å². The number of carbonyl (C=O) groups is 4. The molecule has 0 aliphatic carbocycles. The summed E-state index contributed by atoms with van der Waals surface area (Å²) in [5, 5.41) is 4.48. The molecule has 0 saturated heterocycles. The Kier molecular flexibility index (Phi) is 6.81. The molecule has 1 aliphatic heterocycles. The number of benzene rings is 2. The van der Waals surface area contributed by atoms with Crippen molar-refractivity contribution in [1.82, 2.24) is 9.88 Å². The molecular weight excluding hydrogens is 481 g/mol. The summed E-state index contributed by atoms with van der Waals surface area (Å²) in [4.78, 5) is 54.9. The van der Waals surface area contributed by atoms with Gasteiger partial charge in [-0.05, 0) is 36.4 Å². The van der Waals surface area contributed by atoms with Gasteiger partial charge in [0, 0.05) is 35.7 Å². The van der Waals surface area contributed by atoms with Crippen molar-refractivity contribution in [3.8, 4) is 0 Å². The number of nitrogens with one attached hydrogen (secondary N) is 1. The molecule has 0 spiro atoms. The first-order chi connectivity index (χ1) is 16.3. The normalized spacial score (nSPS) is 12.7. The van der Waals surface area contributed by atoms with Crippen LogP contribution in [-0.4, -0.2) is 46.7 Å². The molecule has 1 aliphatic rings. The van der Waals surface area contributed by atoms with E-state index >= 15 is 0 Å². The molecule has 10 heteroatoms. The van der Waals surface area contributed by atoms with Gasteiger partial charge in [0.25, 0.3) is 17.7 Å². The first-order valence-electron chi connectivity index (χ1n) is 10.4. The fraction of sp³-hybridized carbons (Fsp3) is 0.208. The third-order valence-corrected chi connectivity index (χ3v) is 6.29. The van der Waals surface area contributed by atoms with E-state index in [0.717, 1.165) is 10.3 Å². The van der Waals surface area contributed by atoms with E-state index in [-0.39, 0.29) is 30.2 Å². The van der Waals surface area contributed by atoms with Crippen LogP contribution in [0.2, 0.25) is 10.0 Å². The fourth-order valence-electron chi connectivity index (χ4n) is 3.70. The SMILES string of the molecule is Cc1c(Cl)cnc(NC(=O)COC(=O)CCCN2C(=O)c3cccc4cccc(c34)C2=O)c1Cl. The zero-order valence-corrected chi connectivity index (χ0v) is 19.6. The maximum Gasteiger partial charge on any atom is 0.306 e. The number of esters is 1. The van der Waals surface area contributed by atoms with E-state index in [9.17, 15) is 19.2 Å². The smallest absolute Gasteiger partial charge is 0.306 e. The van der Waals surface area contributed by atoms with Crippen molar-refractivity contribution in [2.24, 2.45) is 0 Å². The lowest BCUT2D eigenvalue weighted by atomic mass is 9.94. The van der Waals surface area contributed by atoms with Crippen molar-refractivity contribution in [1.29, 1.82) is 0 Å². The van der Waals surface area contributed by atoms with Crippen molar-refractivity contribution in [3.63, 3.8) is 0 Å². The molecule has 0 fully saturated rings. The van der Waals surface area contributed by atoms with Gasteiger partial charge in [-0.1, -0.05) is 47.5 Å². The molecule has 3 amide bonds. The largest absolute Gasteiger partial charge is 0.456 e. The Balaban J connectivity index is 1.29. The Labute approximate surface area is 204 Å². The molecule has 0 saturated carbocycles. The van der Waals surface area contributed by atoms with Crippen LogP contribution in [0.3, 0.4) is 0 Å². The van der Waals surface area contributed by atoms with E-state index in [4.69, 9.17) is 27.9 Å². The standard InChI is InChI=1S/C24H19Cl2N3O5/c1-13-17(25)11-27-22(21(13)26)28-18(30)12-34-19(31)9-4-10-29-23(32)15-7-2-5-14-6-3-8-16(20(14)15)24(29)33/h2-3,5-8,11H,4,9-10,12H2,1H3,(H,27,28,30). The molecule has 174 valence electrons. The number of hydrogen-bond donors (Lipinski definition) is 1.